The second-order valence-electron chi connectivity index (χ2n) is 16.5. The Balaban J connectivity index is 1.15. The average molecular weight is 769 g/mol. The molecule has 4 aromatic rings. The van der Waals surface area contributed by atoms with Gasteiger partial charge in [-0.1, -0.05) is 42.5 Å². The molecule has 0 bridgehead atoms. The number of rotatable bonds is 14. The third-order valence-electron chi connectivity index (χ3n) is 13.3. The quantitative estimate of drug-likeness (QED) is 0.0625. The number of aromatic amines is 1. The van der Waals surface area contributed by atoms with E-state index in [1.807, 2.05) is 55.8 Å². The number of aromatic nitrogens is 1. The van der Waals surface area contributed by atoms with Crippen molar-refractivity contribution in [3.05, 3.63) is 106 Å². The normalized spacial score (nSPS) is 27.1. The van der Waals surface area contributed by atoms with Crippen LogP contribution in [0.2, 0.25) is 0 Å². The second kappa shape index (κ2) is 18.0. The van der Waals surface area contributed by atoms with E-state index in [4.69, 9.17) is 9.47 Å². The lowest BCUT2D eigenvalue weighted by molar-refractivity contribution is -0.154. The Morgan fingerprint density at radius 2 is 1.75 bits per heavy atom. The fourth-order valence-electron chi connectivity index (χ4n) is 10.3. The van der Waals surface area contributed by atoms with Crippen LogP contribution in [0, 0.1) is 17.8 Å². The molecular weight excluding hydrogens is 709 g/mol. The lowest BCUT2D eigenvalue weighted by atomic mass is 9.66. The van der Waals surface area contributed by atoms with Gasteiger partial charge in [0.2, 0.25) is 5.75 Å². The molecule has 3 fully saturated rings. The third kappa shape index (κ3) is 8.46. The van der Waals surface area contributed by atoms with Gasteiger partial charge in [0.15, 0.2) is 11.5 Å². The number of aliphatic hydroxyl groups excluding tert-OH is 3. The maximum absolute atomic E-state index is 11.7. The summed E-state index contributed by atoms with van der Waals surface area (Å²) in [5.74, 6) is 0.123. The molecule has 10 nitrogen and oxygen atoms in total. The van der Waals surface area contributed by atoms with Crippen molar-refractivity contribution in [2.45, 2.75) is 113 Å². The molecule has 8 N–H and O–H groups in total. The summed E-state index contributed by atoms with van der Waals surface area (Å²) >= 11 is 0. The van der Waals surface area contributed by atoms with Gasteiger partial charge in [-0.25, -0.2) is 0 Å². The zero-order valence-electron chi connectivity index (χ0n) is 32.7. The molecule has 2 saturated carbocycles. The summed E-state index contributed by atoms with van der Waals surface area (Å²) in [6, 6.07) is 18.3. The van der Waals surface area contributed by atoms with Gasteiger partial charge in [-0.15, -0.1) is 0 Å². The Morgan fingerprint density at radius 3 is 2.48 bits per heavy atom. The van der Waals surface area contributed by atoms with Crippen molar-refractivity contribution in [1.82, 2.24) is 10.3 Å². The van der Waals surface area contributed by atoms with Crippen LogP contribution in [0.1, 0.15) is 115 Å². The predicted octanol–water partition coefficient (Wildman–Crippen LogP) is 7.10. The third-order valence-corrected chi connectivity index (χ3v) is 13.3. The molecule has 10 heteroatoms. The number of phenolic OH excluding ortho intramolecular Hbond substituents is 2. The Morgan fingerprint density at radius 1 is 0.929 bits per heavy atom. The van der Waals surface area contributed by atoms with E-state index >= 15 is 0 Å². The van der Waals surface area contributed by atoms with E-state index in [1.54, 1.807) is 0 Å². The lowest BCUT2D eigenvalue weighted by Crippen LogP contribution is -2.44. The fourth-order valence-corrected chi connectivity index (χ4v) is 10.3. The number of nitrogens with one attached hydrogen (secondary N) is 2. The van der Waals surface area contributed by atoms with Crippen LogP contribution in [0.4, 0.5) is 0 Å². The van der Waals surface area contributed by atoms with Crippen LogP contribution in [-0.4, -0.2) is 74.6 Å². The maximum atomic E-state index is 11.7. The van der Waals surface area contributed by atoms with Crippen LogP contribution < -0.4 is 10.1 Å². The van der Waals surface area contributed by atoms with E-state index in [1.165, 1.54) is 12.7 Å². The fraction of sp³-hybridized carbons (Fsp3) is 0.522. The van der Waals surface area contributed by atoms with Crippen molar-refractivity contribution in [3.63, 3.8) is 0 Å². The van der Waals surface area contributed by atoms with Crippen LogP contribution in [0.15, 0.2) is 67.0 Å². The highest BCUT2D eigenvalue weighted by atomic mass is 16.5. The number of aryl methyl sites for hydroxylation is 1. The molecule has 1 aromatic heterocycles. The minimum atomic E-state index is -0.668. The average Bonchev–Trinajstić information content (AvgIpc) is 3.74. The highest BCUT2D eigenvalue weighted by Gasteiger charge is 2.45. The molecule has 0 spiro atoms. The zero-order valence-corrected chi connectivity index (χ0v) is 32.7. The van der Waals surface area contributed by atoms with Gasteiger partial charge in [0, 0.05) is 42.3 Å². The summed E-state index contributed by atoms with van der Waals surface area (Å²) in [5.41, 5.74) is 5.48. The van der Waals surface area contributed by atoms with Crippen LogP contribution >= 0.6 is 0 Å². The monoisotopic (exact) mass is 768 g/mol. The number of ether oxygens (including phenoxy) is 2. The van der Waals surface area contributed by atoms with Crippen molar-refractivity contribution in [1.29, 1.82) is 0 Å². The largest absolute Gasteiger partial charge is 0.508 e. The van der Waals surface area contributed by atoms with Crippen LogP contribution in [0.3, 0.4) is 0 Å². The molecule has 302 valence electrons. The van der Waals surface area contributed by atoms with Crippen LogP contribution in [0.5, 0.6) is 23.0 Å². The topological polar surface area (TPSA) is 168 Å². The van der Waals surface area contributed by atoms with E-state index in [0.717, 1.165) is 68.2 Å². The summed E-state index contributed by atoms with van der Waals surface area (Å²) in [5, 5.41) is 70.6. The number of hydrogen-bond acceptors (Lipinski definition) is 9. The number of fused-ring (bicyclic) bond motifs is 1. The summed E-state index contributed by atoms with van der Waals surface area (Å²) < 4.78 is 12.6. The van der Waals surface area contributed by atoms with Crippen LogP contribution in [-0.2, 0) is 24.2 Å². The standard InChI is InChI=1S/C46H60N2O8/c1-47-18-16-28-8-12-32(38(50)14-9-27-6-4-3-5-7-27)34(20-28)35-22-30(11-15-39(35)51)31-10-13-33-40(52)24-42(56-41(33)23-31)43-36(21-29-17-19-48-25-29)46(55-2)45(54)44(53)37(43)26-49/h3-7,11,15,17,19,22,25,28,31-34,38,40-42,47-54H,8-10,12-14,16,18,20-21,23-24,26H2,1-2H3/t28-,31+,32+,33+,34-,38+,40-,41-,42-/m0/s1. The van der Waals surface area contributed by atoms with Crippen molar-refractivity contribution in [3.8, 4) is 23.0 Å². The number of benzene rings is 3. The van der Waals surface area contributed by atoms with Gasteiger partial charge in [-0.3, -0.25) is 0 Å². The van der Waals surface area contributed by atoms with Crippen molar-refractivity contribution >= 4 is 0 Å². The number of H-pyrrole nitrogens is 1. The molecule has 0 amide bonds. The van der Waals surface area contributed by atoms with Gasteiger partial charge in [0.05, 0.1) is 38.1 Å². The molecule has 56 heavy (non-hydrogen) atoms. The van der Waals surface area contributed by atoms with Crippen LogP contribution in [0.25, 0.3) is 0 Å². The first kappa shape index (κ1) is 40.1. The van der Waals surface area contributed by atoms with Crippen molar-refractivity contribution < 1.29 is 40.1 Å². The van der Waals surface area contributed by atoms with E-state index in [9.17, 15) is 30.6 Å². The van der Waals surface area contributed by atoms with Gasteiger partial charge >= 0.3 is 0 Å². The Kier molecular flexibility index (Phi) is 12.9. The summed E-state index contributed by atoms with van der Waals surface area (Å²) in [4.78, 5) is 3.06. The summed E-state index contributed by atoms with van der Waals surface area (Å²) in [6.07, 6.45) is 9.89. The first-order chi connectivity index (χ1) is 27.2. The molecule has 1 saturated heterocycles. The lowest BCUT2D eigenvalue weighted by Gasteiger charge is -2.46. The van der Waals surface area contributed by atoms with Gasteiger partial charge in [0.1, 0.15) is 5.75 Å². The van der Waals surface area contributed by atoms with Gasteiger partial charge < -0.3 is 50.4 Å². The van der Waals surface area contributed by atoms with E-state index in [0.29, 0.717) is 36.3 Å². The molecule has 9 atom stereocenters. The number of aromatic hydroxyl groups is 3. The van der Waals surface area contributed by atoms with Gasteiger partial charge in [-0.2, -0.15) is 0 Å². The number of aliphatic hydroxyl groups is 3. The molecule has 1 aliphatic heterocycles. The number of hydrogen-bond donors (Lipinski definition) is 8. The Bertz CT molecular complexity index is 1880. The zero-order chi connectivity index (χ0) is 39.3. The first-order valence-corrected chi connectivity index (χ1v) is 20.6. The van der Waals surface area contributed by atoms with Crippen molar-refractivity contribution in [2.24, 2.45) is 17.8 Å². The van der Waals surface area contributed by atoms with E-state index < -0.39 is 36.4 Å². The molecule has 0 radical (unpaired) electrons. The van der Waals surface area contributed by atoms with Gasteiger partial charge in [0.25, 0.3) is 0 Å². The highest BCUT2D eigenvalue weighted by molar-refractivity contribution is 5.64. The van der Waals surface area contributed by atoms with Gasteiger partial charge in [-0.05, 0) is 135 Å². The minimum absolute atomic E-state index is 0.0253. The SMILES string of the molecule is CNCC[C@@H]1CC[C@@H]([C@H](O)CCc2ccccc2)[C@@H](c2cc([C@@H]3CC[C@H]4[C@H](C3)O[C@H](c3c(CO)c(O)c(O)c(OC)c3Cc3cc[nH]c3)C[C@@H]4O)ccc2O)C1. The molecule has 2 aliphatic carbocycles. The number of phenols is 3. The smallest absolute Gasteiger partial charge is 0.201 e. The van der Waals surface area contributed by atoms with E-state index in [2.05, 4.69) is 28.5 Å². The molecular formula is C46H60N2O8. The first-order valence-electron chi connectivity index (χ1n) is 20.6. The number of methoxy groups -OCH3 is 1. The molecule has 3 aromatic carbocycles. The molecule has 3 aliphatic rings. The second-order valence-corrected chi connectivity index (χ2v) is 16.5. The van der Waals surface area contributed by atoms with E-state index in [-0.39, 0.29) is 53.3 Å². The predicted molar refractivity (Wildman–Crippen MR) is 215 cm³/mol. The highest BCUT2D eigenvalue weighted by Crippen LogP contribution is 2.53. The summed E-state index contributed by atoms with van der Waals surface area (Å²) in [7, 11) is 3.42. The molecule has 7 rings (SSSR count). The molecule has 0 unspecified atom stereocenters. The summed E-state index contributed by atoms with van der Waals surface area (Å²) in [6.45, 7) is 0.410. The Labute approximate surface area is 330 Å². The molecule has 2 heterocycles. The van der Waals surface area contributed by atoms with Crippen molar-refractivity contribution in [2.75, 3.05) is 20.7 Å². The Hall–Kier alpha value is -4.06. The minimum Gasteiger partial charge on any atom is -0.508 e. The maximum Gasteiger partial charge on any atom is 0.201 e.